The summed E-state index contributed by atoms with van der Waals surface area (Å²) in [4.78, 5) is 11.6. The van der Waals surface area contributed by atoms with Crippen LogP contribution in [0.5, 0.6) is 0 Å². The number of primary sulfonamides is 1. The number of hydrogen-bond acceptors (Lipinski definition) is 3. The van der Waals surface area contributed by atoms with Gasteiger partial charge in [0.1, 0.15) is 5.82 Å². The molecular formula is C10H13FN2O3S. The van der Waals surface area contributed by atoms with E-state index in [1.54, 1.807) is 6.92 Å². The normalized spacial score (nSPS) is 11.2. The molecule has 0 aromatic heterocycles. The fourth-order valence-electron chi connectivity index (χ4n) is 1.28. The molecule has 0 aliphatic rings. The molecule has 0 aliphatic carbocycles. The summed E-state index contributed by atoms with van der Waals surface area (Å²) in [6.07, 6.45) is 0. The van der Waals surface area contributed by atoms with Crippen LogP contribution in [0, 0.1) is 12.7 Å². The quantitative estimate of drug-likeness (QED) is 0.807. The molecule has 0 radical (unpaired) electrons. The Balaban J connectivity index is 2.65. The van der Waals surface area contributed by atoms with Crippen molar-refractivity contribution >= 4 is 15.9 Å². The molecule has 1 aromatic carbocycles. The first-order valence-corrected chi connectivity index (χ1v) is 6.56. The Bertz CT molecular complexity index is 528. The summed E-state index contributed by atoms with van der Waals surface area (Å²) in [6.45, 7) is 1.52. The highest BCUT2D eigenvalue weighted by molar-refractivity contribution is 7.89. The zero-order chi connectivity index (χ0) is 13.1. The molecule has 1 rings (SSSR count). The molecule has 7 heteroatoms. The maximum absolute atomic E-state index is 12.8. The van der Waals surface area contributed by atoms with Crippen LogP contribution < -0.4 is 10.5 Å². The van der Waals surface area contributed by atoms with Crippen LogP contribution in [-0.2, 0) is 10.0 Å². The molecule has 0 saturated heterocycles. The molecule has 3 N–H and O–H groups in total. The van der Waals surface area contributed by atoms with Gasteiger partial charge < -0.3 is 5.32 Å². The Labute approximate surface area is 98.9 Å². The van der Waals surface area contributed by atoms with Crippen molar-refractivity contribution in [3.05, 3.63) is 35.1 Å². The van der Waals surface area contributed by atoms with E-state index in [-0.39, 0.29) is 12.3 Å². The van der Waals surface area contributed by atoms with Crippen molar-refractivity contribution in [1.82, 2.24) is 5.32 Å². The highest BCUT2D eigenvalue weighted by Gasteiger charge is 2.10. The van der Waals surface area contributed by atoms with E-state index in [1.165, 1.54) is 18.2 Å². The van der Waals surface area contributed by atoms with E-state index in [0.717, 1.165) is 0 Å². The van der Waals surface area contributed by atoms with E-state index < -0.39 is 21.7 Å². The fourth-order valence-corrected chi connectivity index (χ4v) is 1.67. The molecule has 0 fully saturated rings. The van der Waals surface area contributed by atoms with Crippen molar-refractivity contribution < 1.29 is 17.6 Å². The highest BCUT2D eigenvalue weighted by Crippen LogP contribution is 2.09. The first-order chi connectivity index (χ1) is 7.79. The van der Waals surface area contributed by atoms with Gasteiger partial charge in [-0.25, -0.2) is 17.9 Å². The summed E-state index contributed by atoms with van der Waals surface area (Å²) in [5.41, 5.74) is 0.791. The number of amides is 1. The molecule has 0 atom stereocenters. The molecule has 0 bridgehead atoms. The molecule has 0 saturated carbocycles. The monoisotopic (exact) mass is 260 g/mol. The van der Waals surface area contributed by atoms with Crippen molar-refractivity contribution in [1.29, 1.82) is 0 Å². The van der Waals surface area contributed by atoms with Crippen LogP contribution in [0.4, 0.5) is 4.39 Å². The molecule has 1 amide bonds. The fraction of sp³-hybridized carbons (Fsp3) is 0.300. The second kappa shape index (κ2) is 5.24. The maximum atomic E-state index is 12.8. The van der Waals surface area contributed by atoms with Crippen LogP contribution in [0.15, 0.2) is 18.2 Å². The van der Waals surface area contributed by atoms with E-state index in [4.69, 9.17) is 5.14 Å². The molecule has 0 heterocycles. The lowest BCUT2D eigenvalue weighted by Crippen LogP contribution is -2.31. The predicted molar refractivity (Wildman–Crippen MR) is 61.4 cm³/mol. The maximum Gasteiger partial charge on any atom is 0.251 e. The van der Waals surface area contributed by atoms with Crippen LogP contribution in [-0.4, -0.2) is 26.6 Å². The van der Waals surface area contributed by atoms with Gasteiger partial charge in [-0.05, 0) is 30.7 Å². The second-order valence-corrected chi connectivity index (χ2v) is 5.32. The minimum atomic E-state index is -3.59. The Hall–Kier alpha value is -1.47. The molecule has 1 aromatic rings. The summed E-state index contributed by atoms with van der Waals surface area (Å²) in [7, 11) is -3.59. The van der Waals surface area contributed by atoms with Crippen LogP contribution in [0.1, 0.15) is 15.9 Å². The lowest BCUT2D eigenvalue weighted by molar-refractivity contribution is 0.0955. The zero-order valence-electron chi connectivity index (χ0n) is 9.23. The number of nitrogens with one attached hydrogen (secondary N) is 1. The number of carbonyl (C=O) groups is 1. The SMILES string of the molecule is Cc1cc(F)ccc1C(=O)NCCS(N)(=O)=O. The number of aryl methyl sites for hydroxylation is 1. The number of nitrogens with two attached hydrogens (primary N) is 1. The third-order valence-corrected chi connectivity index (χ3v) is 2.88. The summed E-state index contributed by atoms with van der Waals surface area (Å²) >= 11 is 0. The van der Waals surface area contributed by atoms with Gasteiger partial charge in [0, 0.05) is 12.1 Å². The van der Waals surface area contributed by atoms with E-state index >= 15 is 0 Å². The Kier molecular flexibility index (Phi) is 4.19. The van der Waals surface area contributed by atoms with Crippen LogP contribution in [0.2, 0.25) is 0 Å². The summed E-state index contributed by atoms with van der Waals surface area (Å²) in [5, 5.41) is 7.18. The Morgan fingerprint density at radius 2 is 2.12 bits per heavy atom. The molecular weight excluding hydrogens is 247 g/mol. The Morgan fingerprint density at radius 3 is 2.65 bits per heavy atom. The van der Waals surface area contributed by atoms with Gasteiger partial charge in [0.15, 0.2) is 0 Å². The summed E-state index contributed by atoms with van der Waals surface area (Å²) in [6, 6.07) is 3.74. The van der Waals surface area contributed by atoms with Gasteiger partial charge in [0.2, 0.25) is 10.0 Å². The topological polar surface area (TPSA) is 89.3 Å². The average molecular weight is 260 g/mol. The summed E-state index contributed by atoms with van der Waals surface area (Å²) in [5.74, 6) is -1.21. The van der Waals surface area contributed by atoms with Gasteiger partial charge in [0.05, 0.1) is 5.75 Å². The van der Waals surface area contributed by atoms with Crippen molar-refractivity contribution in [3.8, 4) is 0 Å². The lowest BCUT2D eigenvalue weighted by Gasteiger charge is -2.06. The van der Waals surface area contributed by atoms with Gasteiger partial charge in [-0.2, -0.15) is 0 Å². The van der Waals surface area contributed by atoms with Crippen molar-refractivity contribution in [3.63, 3.8) is 0 Å². The van der Waals surface area contributed by atoms with Crippen LogP contribution in [0.3, 0.4) is 0 Å². The van der Waals surface area contributed by atoms with E-state index in [0.29, 0.717) is 11.1 Å². The van der Waals surface area contributed by atoms with Crippen LogP contribution in [0.25, 0.3) is 0 Å². The summed E-state index contributed by atoms with van der Waals surface area (Å²) < 4.78 is 34.1. The third-order valence-electron chi connectivity index (χ3n) is 2.11. The lowest BCUT2D eigenvalue weighted by atomic mass is 10.1. The number of benzene rings is 1. The van der Waals surface area contributed by atoms with E-state index in [2.05, 4.69) is 5.32 Å². The van der Waals surface area contributed by atoms with Gasteiger partial charge in [-0.1, -0.05) is 0 Å². The molecule has 0 aliphatic heterocycles. The number of rotatable bonds is 4. The largest absolute Gasteiger partial charge is 0.351 e. The number of carbonyl (C=O) groups excluding carboxylic acids is 1. The molecule has 17 heavy (non-hydrogen) atoms. The number of halogens is 1. The first-order valence-electron chi connectivity index (χ1n) is 4.84. The number of hydrogen-bond donors (Lipinski definition) is 2. The number of sulfonamides is 1. The van der Waals surface area contributed by atoms with Gasteiger partial charge in [-0.3, -0.25) is 4.79 Å². The average Bonchev–Trinajstić information content (AvgIpc) is 2.15. The van der Waals surface area contributed by atoms with Crippen LogP contribution >= 0.6 is 0 Å². The van der Waals surface area contributed by atoms with Gasteiger partial charge >= 0.3 is 0 Å². The van der Waals surface area contributed by atoms with Crippen molar-refractivity contribution in [2.75, 3.05) is 12.3 Å². The van der Waals surface area contributed by atoms with Gasteiger partial charge in [0.25, 0.3) is 5.91 Å². The van der Waals surface area contributed by atoms with Gasteiger partial charge in [-0.15, -0.1) is 0 Å². The van der Waals surface area contributed by atoms with E-state index in [9.17, 15) is 17.6 Å². The Morgan fingerprint density at radius 1 is 1.47 bits per heavy atom. The molecule has 0 spiro atoms. The minimum Gasteiger partial charge on any atom is -0.351 e. The van der Waals surface area contributed by atoms with Crippen molar-refractivity contribution in [2.24, 2.45) is 5.14 Å². The highest BCUT2D eigenvalue weighted by atomic mass is 32.2. The van der Waals surface area contributed by atoms with Crippen molar-refractivity contribution in [2.45, 2.75) is 6.92 Å². The van der Waals surface area contributed by atoms with E-state index in [1.807, 2.05) is 0 Å². The minimum absolute atomic E-state index is 0.0749. The smallest absolute Gasteiger partial charge is 0.251 e. The molecule has 94 valence electrons. The predicted octanol–water partition coefficient (Wildman–Crippen LogP) is 0.152. The standard InChI is InChI=1S/C10H13FN2O3S/c1-7-6-8(11)2-3-9(7)10(14)13-4-5-17(12,15)16/h2-3,6H,4-5H2,1H3,(H,13,14)(H2,12,15,16). The third kappa shape index (κ3) is 4.49. The first kappa shape index (κ1) is 13.6. The molecule has 0 unspecified atom stereocenters. The molecule has 5 nitrogen and oxygen atoms in total. The zero-order valence-corrected chi connectivity index (χ0v) is 10.1. The second-order valence-electron chi connectivity index (χ2n) is 3.58.